The monoisotopic (exact) mass is 512 g/mol. The summed E-state index contributed by atoms with van der Waals surface area (Å²) in [5.41, 5.74) is 1.08. The fraction of sp³-hybridized carbons (Fsp3) is 0.545. The van der Waals surface area contributed by atoms with Crippen LogP contribution in [0.2, 0.25) is 0 Å². The second-order valence-electron chi connectivity index (χ2n) is 8.28. The second-order valence-corrected chi connectivity index (χ2v) is 8.28. The average Bonchev–Trinajstić information content (AvgIpc) is 3.34. The molecule has 160 valence electrons. The van der Waals surface area contributed by atoms with Crippen LogP contribution in [0.15, 0.2) is 39.9 Å². The maximum absolute atomic E-state index is 6.21. The van der Waals surface area contributed by atoms with E-state index in [0.29, 0.717) is 31.0 Å². The molecule has 1 saturated carbocycles. The van der Waals surface area contributed by atoms with Gasteiger partial charge in [-0.25, -0.2) is 4.98 Å². The molecule has 1 aromatic carbocycles. The molecular formula is C22H33IN4O2. The van der Waals surface area contributed by atoms with Gasteiger partial charge in [0.25, 0.3) is 0 Å². The van der Waals surface area contributed by atoms with Gasteiger partial charge in [0.1, 0.15) is 11.5 Å². The fourth-order valence-electron chi connectivity index (χ4n) is 3.25. The lowest BCUT2D eigenvalue weighted by Crippen LogP contribution is -2.36. The topological polar surface area (TPSA) is 71.7 Å². The minimum Gasteiger partial charge on any atom is -0.490 e. The Morgan fingerprint density at radius 3 is 2.52 bits per heavy atom. The van der Waals surface area contributed by atoms with Crippen LogP contribution in [-0.2, 0) is 18.5 Å². The van der Waals surface area contributed by atoms with Crippen LogP contribution in [0.25, 0.3) is 0 Å². The van der Waals surface area contributed by atoms with Gasteiger partial charge in [-0.1, -0.05) is 39.0 Å². The van der Waals surface area contributed by atoms with Crippen molar-refractivity contribution in [3.05, 3.63) is 47.7 Å². The SMILES string of the molecule is CN=C(NCc1ncc(C(C)(C)C)o1)NCc1ccccc1OC1CCCC1.I. The normalized spacial score (nSPS) is 15.1. The number of para-hydroxylation sites is 1. The van der Waals surface area contributed by atoms with Gasteiger partial charge in [0.15, 0.2) is 5.96 Å². The first-order valence-corrected chi connectivity index (χ1v) is 10.1. The molecule has 0 spiro atoms. The van der Waals surface area contributed by atoms with Crippen LogP contribution in [0, 0.1) is 0 Å². The second kappa shape index (κ2) is 10.8. The summed E-state index contributed by atoms with van der Waals surface area (Å²) in [7, 11) is 1.76. The first-order chi connectivity index (χ1) is 13.5. The molecule has 1 aliphatic rings. The Morgan fingerprint density at radius 1 is 1.17 bits per heavy atom. The van der Waals surface area contributed by atoms with E-state index in [1.54, 1.807) is 13.2 Å². The molecule has 0 radical (unpaired) electrons. The van der Waals surface area contributed by atoms with E-state index in [4.69, 9.17) is 9.15 Å². The highest BCUT2D eigenvalue weighted by Crippen LogP contribution is 2.26. The standard InChI is InChI=1S/C22H32N4O2.HI/c1-22(2,3)19-14-24-20(28-19)15-26-21(23-4)25-13-16-9-5-8-12-18(16)27-17-10-6-7-11-17;/h5,8-9,12,14,17H,6-7,10-11,13,15H2,1-4H3,(H2,23,25,26);1H. The number of hydrogen-bond donors (Lipinski definition) is 2. The number of aromatic nitrogens is 1. The average molecular weight is 512 g/mol. The maximum atomic E-state index is 6.21. The van der Waals surface area contributed by atoms with E-state index in [2.05, 4.69) is 47.4 Å². The molecule has 7 heteroatoms. The highest BCUT2D eigenvalue weighted by Gasteiger charge is 2.19. The van der Waals surface area contributed by atoms with Gasteiger partial charge in [0, 0.05) is 24.6 Å². The summed E-state index contributed by atoms with van der Waals surface area (Å²) < 4.78 is 12.0. The number of aliphatic imine (C=N–C) groups is 1. The Balaban J connectivity index is 0.00000300. The molecular weight excluding hydrogens is 479 g/mol. The van der Waals surface area contributed by atoms with Crippen molar-refractivity contribution in [2.75, 3.05) is 7.05 Å². The van der Waals surface area contributed by atoms with E-state index in [1.807, 2.05) is 18.2 Å². The Morgan fingerprint density at radius 2 is 1.86 bits per heavy atom. The molecule has 1 aliphatic carbocycles. The molecule has 6 nitrogen and oxygen atoms in total. The van der Waals surface area contributed by atoms with E-state index in [0.717, 1.165) is 29.9 Å². The molecule has 0 aliphatic heterocycles. The van der Waals surface area contributed by atoms with Crippen LogP contribution in [-0.4, -0.2) is 24.1 Å². The third-order valence-electron chi connectivity index (χ3n) is 4.94. The number of nitrogens with zero attached hydrogens (tertiary/aromatic N) is 2. The third-order valence-corrected chi connectivity index (χ3v) is 4.94. The highest BCUT2D eigenvalue weighted by molar-refractivity contribution is 14.0. The molecule has 0 unspecified atom stereocenters. The number of rotatable bonds is 6. The van der Waals surface area contributed by atoms with Crippen LogP contribution in [0.4, 0.5) is 0 Å². The van der Waals surface area contributed by atoms with Crippen LogP contribution in [0.1, 0.15) is 63.7 Å². The highest BCUT2D eigenvalue weighted by atomic mass is 127. The number of ether oxygens (including phenoxy) is 1. The molecule has 1 fully saturated rings. The van der Waals surface area contributed by atoms with E-state index >= 15 is 0 Å². The molecule has 1 heterocycles. The zero-order chi connectivity index (χ0) is 20.0. The number of nitrogens with one attached hydrogen (secondary N) is 2. The summed E-state index contributed by atoms with van der Waals surface area (Å²) in [6.07, 6.45) is 6.97. The van der Waals surface area contributed by atoms with Gasteiger partial charge in [-0.05, 0) is 31.7 Å². The number of oxazole rings is 1. The van der Waals surface area contributed by atoms with Gasteiger partial charge in [-0.15, -0.1) is 24.0 Å². The quantitative estimate of drug-likeness (QED) is 0.331. The van der Waals surface area contributed by atoms with Crippen molar-refractivity contribution in [2.45, 2.75) is 71.1 Å². The summed E-state index contributed by atoms with van der Waals surface area (Å²) in [4.78, 5) is 8.64. The molecule has 1 aromatic heterocycles. The number of guanidine groups is 1. The molecule has 0 amide bonds. The molecule has 0 saturated heterocycles. The van der Waals surface area contributed by atoms with Crippen molar-refractivity contribution in [1.82, 2.24) is 15.6 Å². The number of halogens is 1. The van der Waals surface area contributed by atoms with E-state index < -0.39 is 0 Å². The van der Waals surface area contributed by atoms with E-state index in [1.165, 1.54) is 12.8 Å². The predicted molar refractivity (Wildman–Crippen MR) is 127 cm³/mol. The Kier molecular flexibility index (Phi) is 8.79. The number of hydrogen-bond acceptors (Lipinski definition) is 4. The first kappa shape index (κ1) is 23.5. The summed E-state index contributed by atoms with van der Waals surface area (Å²) >= 11 is 0. The zero-order valence-electron chi connectivity index (χ0n) is 17.8. The van der Waals surface area contributed by atoms with Crippen LogP contribution in [0.3, 0.4) is 0 Å². The van der Waals surface area contributed by atoms with Gasteiger partial charge in [-0.2, -0.15) is 0 Å². The Hall–Kier alpha value is -1.77. The summed E-state index contributed by atoms with van der Waals surface area (Å²) in [6.45, 7) is 7.44. The largest absolute Gasteiger partial charge is 0.490 e. The summed E-state index contributed by atoms with van der Waals surface area (Å²) in [6, 6.07) is 8.20. The van der Waals surface area contributed by atoms with Gasteiger partial charge < -0.3 is 19.8 Å². The minimum atomic E-state index is -0.0474. The Labute approximate surface area is 190 Å². The molecule has 2 N–H and O–H groups in total. The zero-order valence-corrected chi connectivity index (χ0v) is 20.2. The van der Waals surface area contributed by atoms with Crippen molar-refractivity contribution >= 4 is 29.9 Å². The lowest BCUT2D eigenvalue weighted by atomic mass is 9.94. The van der Waals surface area contributed by atoms with E-state index in [9.17, 15) is 0 Å². The smallest absolute Gasteiger partial charge is 0.213 e. The minimum absolute atomic E-state index is 0. The van der Waals surface area contributed by atoms with Crippen LogP contribution in [0.5, 0.6) is 5.75 Å². The molecule has 0 atom stereocenters. The first-order valence-electron chi connectivity index (χ1n) is 10.1. The lowest BCUT2D eigenvalue weighted by molar-refractivity contribution is 0.208. The number of benzene rings is 1. The van der Waals surface area contributed by atoms with Crippen LogP contribution < -0.4 is 15.4 Å². The van der Waals surface area contributed by atoms with Gasteiger partial charge in [0.2, 0.25) is 5.89 Å². The van der Waals surface area contributed by atoms with Crippen molar-refractivity contribution in [3.8, 4) is 5.75 Å². The van der Waals surface area contributed by atoms with Crippen molar-refractivity contribution in [3.63, 3.8) is 0 Å². The molecule has 29 heavy (non-hydrogen) atoms. The van der Waals surface area contributed by atoms with Crippen molar-refractivity contribution in [1.29, 1.82) is 0 Å². The van der Waals surface area contributed by atoms with E-state index in [-0.39, 0.29) is 29.4 Å². The van der Waals surface area contributed by atoms with Gasteiger partial charge in [0.05, 0.1) is 18.8 Å². The summed E-state index contributed by atoms with van der Waals surface area (Å²) in [5.74, 6) is 3.19. The lowest BCUT2D eigenvalue weighted by Gasteiger charge is -2.17. The fourth-order valence-corrected chi connectivity index (χ4v) is 3.25. The van der Waals surface area contributed by atoms with Crippen LogP contribution >= 0.6 is 24.0 Å². The summed E-state index contributed by atoms with van der Waals surface area (Å²) in [5, 5.41) is 6.60. The molecule has 3 rings (SSSR count). The Bertz CT molecular complexity index is 792. The third kappa shape index (κ3) is 6.90. The molecule has 0 bridgehead atoms. The predicted octanol–water partition coefficient (Wildman–Crippen LogP) is 4.78. The van der Waals surface area contributed by atoms with Crippen molar-refractivity contribution in [2.24, 2.45) is 4.99 Å². The molecule has 2 aromatic rings. The van der Waals surface area contributed by atoms with Gasteiger partial charge >= 0.3 is 0 Å². The van der Waals surface area contributed by atoms with Crippen molar-refractivity contribution < 1.29 is 9.15 Å². The maximum Gasteiger partial charge on any atom is 0.213 e. The van der Waals surface area contributed by atoms with Gasteiger partial charge in [-0.3, -0.25) is 4.99 Å².